The van der Waals surface area contributed by atoms with Gasteiger partial charge in [0.2, 0.25) is 0 Å². The van der Waals surface area contributed by atoms with Crippen LogP contribution in [0.3, 0.4) is 0 Å². The number of benzene rings is 1. The van der Waals surface area contributed by atoms with Crippen molar-refractivity contribution < 1.29 is 19.3 Å². The molecule has 6 nitrogen and oxygen atoms in total. The smallest absolute Gasteiger partial charge is 0.256 e. The highest BCUT2D eigenvalue weighted by Gasteiger charge is 2.24. The molecule has 1 fully saturated rings. The molecule has 1 saturated heterocycles. The Hall–Kier alpha value is -1.31. The number of ether oxygens (including phenoxy) is 1. The first-order valence-corrected chi connectivity index (χ1v) is 9.17. The van der Waals surface area contributed by atoms with Gasteiger partial charge in [-0.15, -0.1) is 0 Å². The Morgan fingerprint density at radius 1 is 1.28 bits per heavy atom. The number of carbonyl (C=O) groups excluding carboxylic acids is 1. The van der Waals surface area contributed by atoms with Gasteiger partial charge in [-0.25, -0.2) is 0 Å². The molecule has 0 aromatic heterocycles. The molecule has 3 N–H and O–H groups in total. The molecule has 1 atom stereocenters. The predicted octanol–water partition coefficient (Wildman–Crippen LogP) is 0.659. The van der Waals surface area contributed by atoms with Gasteiger partial charge in [0.25, 0.3) is 5.91 Å². The molecular formula is C17H22Cl2N3O3+. The molecule has 2 aliphatic heterocycles. The molecule has 0 saturated carbocycles. The molecule has 8 heteroatoms. The Kier molecular flexibility index (Phi) is 6.56. The fourth-order valence-electron chi connectivity index (χ4n) is 2.86. The lowest BCUT2D eigenvalue weighted by Crippen LogP contribution is -3.14. The number of quaternary nitrogens is 1. The summed E-state index contributed by atoms with van der Waals surface area (Å²) >= 11 is 11.9. The maximum absolute atomic E-state index is 12.2. The van der Waals surface area contributed by atoms with Crippen molar-refractivity contribution in [1.82, 2.24) is 10.8 Å². The zero-order valence-electron chi connectivity index (χ0n) is 13.8. The van der Waals surface area contributed by atoms with Crippen LogP contribution in [0.4, 0.5) is 0 Å². The van der Waals surface area contributed by atoms with Crippen molar-refractivity contribution in [1.29, 1.82) is 0 Å². The van der Waals surface area contributed by atoms with Crippen LogP contribution < -0.4 is 15.7 Å². The fraction of sp³-hybridized carbons (Fsp3) is 0.471. The highest BCUT2D eigenvalue weighted by Crippen LogP contribution is 2.27. The summed E-state index contributed by atoms with van der Waals surface area (Å²) < 4.78 is 5.34. The van der Waals surface area contributed by atoms with Crippen LogP contribution in [0.15, 0.2) is 24.3 Å². The Bertz CT molecular complexity index is 648. The van der Waals surface area contributed by atoms with E-state index in [2.05, 4.69) is 10.8 Å². The van der Waals surface area contributed by atoms with Gasteiger partial charge >= 0.3 is 0 Å². The number of rotatable bonds is 6. The highest BCUT2D eigenvalue weighted by atomic mass is 35.5. The number of carbonyl (C=O) groups is 1. The summed E-state index contributed by atoms with van der Waals surface area (Å²) in [4.78, 5) is 19.1. The fourth-order valence-corrected chi connectivity index (χ4v) is 3.15. The maximum Gasteiger partial charge on any atom is 0.256 e. The average molecular weight is 387 g/mol. The monoisotopic (exact) mass is 386 g/mol. The second-order valence-corrected chi connectivity index (χ2v) is 6.92. The van der Waals surface area contributed by atoms with E-state index in [4.69, 9.17) is 32.8 Å². The number of nitrogens with one attached hydrogen (secondary N) is 3. The second kappa shape index (κ2) is 8.87. The van der Waals surface area contributed by atoms with Crippen LogP contribution in [0, 0.1) is 0 Å². The van der Waals surface area contributed by atoms with Crippen molar-refractivity contribution in [3.63, 3.8) is 0 Å². The molecule has 1 amide bonds. The molecule has 0 bridgehead atoms. The number of halogens is 2. The molecular weight excluding hydrogens is 365 g/mol. The summed E-state index contributed by atoms with van der Waals surface area (Å²) in [7, 11) is 0. The zero-order chi connectivity index (χ0) is 17.6. The van der Waals surface area contributed by atoms with Crippen LogP contribution >= 0.6 is 23.2 Å². The largest absolute Gasteiger partial charge is 0.370 e. The summed E-state index contributed by atoms with van der Waals surface area (Å²) in [6, 6.07) is 5.27. The van der Waals surface area contributed by atoms with Crippen LogP contribution in [0.25, 0.3) is 5.70 Å². The summed E-state index contributed by atoms with van der Waals surface area (Å²) in [6.07, 6.45) is 2.02. The van der Waals surface area contributed by atoms with Crippen molar-refractivity contribution >= 4 is 34.8 Å². The molecule has 25 heavy (non-hydrogen) atoms. The van der Waals surface area contributed by atoms with Gasteiger partial charge in [0.1, 0.15) is 13.1 Å². The molecule has 3 rings (SSSR count). The number of amides is 1. The lowest BCUT2D eigenvalue weighted by molar-refractivity contribution is -0.908. The van der Waals surface area contributed by atoms with Gasteiger partial charge < -0.3 is 15.0 Å². The Morgan fingerprint density at radius 2 is 2.08 bits per heavy atom. The Morgan fingerprint density at radius 3 is 2.84 bits per heavy atom. The second-order valence-electron chi connectivity index (χ2n) is 6.11. The first kappa shape index (κ1) is 18.5. The van der Waals surface area contributed by atoms with Crippen molar-refractivity contribution in [3.8, 4) is 0 Å². The third-order valence-corrected chi connectivity index (χ3v) is 5.05. The van der Waals surface area contributed by atoms with Gasteiger partial charge in [0.05, 0.1) is 35.5 Å². The van der Waals surface area contributed by atoms with Crippen LogP contribution in [0.1, 0.15) is 12.0 Å². The van der Waals surface area contributed by atoms with Crippen LogP contribution in [-0.4, -0.2) is 51.4 Å². The molecule has 1 aromatic carbocycles. The number of hydrogen-bond donors (Lipinski definition) is 3. The van der Waals surface area contributed by atoms with E-state index in [-0.39, 0.29) is 5.91 Å². The lowest BCUT2D eigenvalue weighted by Gasteiger charge is -2.23. The third-order valence-electron chi connectivity index (χ3n) is 4.31. The standard InChI is InChI=1S/C17H21Cl2N3O3/c18-13-3-2-12(10-14(13)19)15-11-16(25-21-15)17(23)20-4-1-5-22-6-8-24-9-7-22/h2-3,10-11,16,21H,1,4-9H2,(H,20,23)/p+1/t16-/m1/s1. The molecule has 2 heterocycles. The van der Waals surface area contributed by atoms with Gasteiger partial charge in [-0.1, -0.05) is 29.3 Å². The topological polar surface area (TPSA) is 64.0 Å². The van der Waals surface area contributed by atoms with E-state index in [1.807, 2.05) is 6.07 Å². The van der Waals surface area contributed by atoms with E-state index >= 15 is 0 Å². The maximum atomic E-state index is 12.2. The molecule has 0 radical (unpaired) electrons. The van der Waals surface area contributed by atoms with Crippen molar-refractivity contribution in [2.24, 2.45) is 0 Å². The number of hydroxylamine groups is 1. The summed E-state index contributed by atoms with van der Waals surface area (Å²) in [5.41, 5.74) is 4.30. The van der Waals surface area contributed by atoms with Crippen LogP contribution in [-0.2, 0) is 14.4 Å². The van der Waals surface area contributed by atoms with Gasteiger partial charge in [0, 0.05) is 18.5 Å². The van der Waals surface area contributed by atoms with Gasteiger partial charge in [0.15, 0.2) is 6.10 Å². The van der Waals surface area contributed by atoms with Gasteiger partial charge in [-0.3, -0.25) is 15.1 Å². The van der Waals surface area contributed by atoms with E-state index in [0.717, 1.165) is 44.8 Å². The molecule has 0 spiro atoms. The predicted molar refractivity (Wildman–Crippen MR) is 96.5 cm³/mol. The highest BCUT2D eigenvalue weighted by molar-refractivity contribution is 6.42. The van der Waals surface area contributed by atoms with E-state index in [0.29, 0.717) is 22.3 Å². The Labute approximate surface area is 157 Å². The number of hydrogen-bond acceptors (Lipinski definition) is 4. The van der Waals surface area contributed by atoms with Gasteiger partial charge in [-0.05, 0) is 18.2 Å². The first-order valence-electron chi connectivity index (χ1n) is 8.41. The van der Waals surface area contributed by atoms with E-state index in [1.165, 1.54) is 4.90 Å². The minimum atomic E-state index is -0.653. The van der Waals surface area contributed by atoms with Crippen LogP contribution in [0.5, 0.6) is 0 Å². The summed E-state index contributed by atoms with van der Waals surface area (Å²) in [5, 5.41) is 3.86. The molecule has 1 aromatic rings. The quantitative estimate of drug-likeness (QED) is 0.628. The van der Waals surface area contributed by atoms with E-state index < -0.39 is 6.10 Å². The molecule has 2 aliphatic rings. The van der Waals surface area contributed by atoms with Crippen molar-refractivity contribution in [2.45, 2.75) is 12.5 Å². The van der Waals surface area contributed by atoms with Crippen molar-refractivity contribution in [2.75, 3.05) is 39.4 Å². The van der Waals surface area contributed by atoms with Crippen LogP contribution in [0.2, 0.25) is 10.0 Å². The molecule has 0 unspecified atom stereocenters. The van der Waals surface area contributed by atoms with Crippen molar-refractivity contribution in [3.05, 3.63) is 39.9 Å². The SMILES string of the molecule is O=C(NCCC[NH+]1CCOCC1)[C@H]1C=C(c2ccc(Cl)c(Cl)c2)NO1. The van der Waals surface area contributed by atoms with E-state index in [1.54, 1.807) is 18.2 Å². The number of morpholine rings is 1. The third kappa shape index (κ3) is 5.09. The minimum Gasteiger partial charge on any atom is -0.370 e. The lowest BCUT2D eigenvalue weighted by atomic mass is 10.1. The first-order chi connectivity index (χ1) is 12.1. The zero-order valence-corrected chi connectivity index (χ0v) is 15.3. The summed E-state index contributed by atoms with van der Waals surface area (Å²) in [5.74, 6) is -0.153. The molecule has 136 valence electrons. The molecule has 0 aliphatic carbocycles. The summed E-state index contributed by atoms with van der Waals surface area (Å²) in [6.45, 7) is 5.41. The average Bonchev–Trinajstić information content (AvgIpc) is 3.12. The van der Waals surface area contributed by atoms with E-state index in [9.17, 15) is 4.79 Å². The Balaban J connectivity index is 1.44. The normalized spacial score (nSPS) is 20.9. The van der Waals surface area contributed by atoms with Gasteiger partial charge in [-0.2, -0.15) is 0 Å². The minimum absolute atomic E-state index is 0.153.